The molecule has 0 N–H and O–H groups in total. The van der Waals surface area contributed by atoms with Crippen molar-refractivity contribution in [2.24, 2.45) is 21.7 Å². The van der Waals surface area contributed by atoms with Crippen molar-refractivity contribution in [1.29, 1.82) is 0 Å². The Hall–Kier alpha value is -0.530. The molecule has 0 aromatic carbocycles. The van der Waals surface area contributed by atoms with E-state index in [1.165, 1.54) is 0 Å². The molecule has 0 amide bonds. The summed E-state index contributed by atoms with van der Waals surface area (Å²) >= 11 is 0. The van der Waals surface area contributed by atoms with Crippen molar-refractivity contribution in [2.45, 2.75) is 75.7 Å². The number of ether oxygens (including phenoxy) is 1. The zero-order chi connectivity index (χ0) is 15.7. The minimum absolute atomic E-state index is 0.0138. The van der Waals surface area contributed by atoms with Crippen molar-refractivity contribution >= 4 is 5.97 Å². The van der Waals surface area contributed by atoms with E-state index in [0.717, 1.165) is 6.42 Å². The normalized spacial score (nSPS) is 14.4. The van der Waals surface area contributed by atoms with Gasteiger partial charge in [-0.15, -0.1) is 0 Å². The van der Waals surface area contributed by atoms with Gasteiger partial charge in [-0.25, -0.2) is 0 Å². The van der Waals surface area contributed by atoms with Crippen LogP contribution in [-0.2, 0) is 9.53 Å². The highest BCUT2D eigenvalue weighted by Gasteiger charge is 2.46. The van der Waals surface area contributed by atoms with Crippen LogP contribution in [0.25, 0.3) is 0 Å². The van der Waals surface area contributed by atoms with Crippen molar-refractivity contribution in [3.8, 4) is 0 Å². The SMILES string of the molecule is CC(C)(C)COC(=O)C(C)(C)C(C)(C)CC(C)(C)C. The summed E-state index contributed by atoms with van der Waals surface area (Å²) in [6.07, 6.45) is 0.984. The second-order valence-corrected chi connectivity index (χ2v) is 9.38. The minimum atomic E-state index is -0.481. The molecule has 0 rings (SSSR count). The van der Waals surface area contributed by atoms with Crippen LogP contribution in [0.2, 0.25) is 0 Å². The maximum Gasteiger partial charge on any atom is 0.312 e. The summed E-state index contributed by atoms with van der Waals surface area (Å²) < 4.78 is 5.53. The summed E-state index contributed by atoms with van der Waals surface area (Å²) in [5, 5.41) is 0. The van der Waals surface area contributed by atoms with Crippen LogP contribution < -0.4 is 0 Å². The molecule has 0 aromatic heterocycles. The monoisotopic (exact) mass is 270 g/mol. The van der Waals surface area contributed by atoms with E-state index in [-0.39, 0.29) is 22.2 Å². The first-order chi connectivity index (χ1) is 8.08. The molecule has 0 saturated heterocycles. The van der Waals surface area contributed by atoms with Gasteiger partial charge >= 0.3 is 5.97 Å². The van der Waals surface area contributed by atoms with E-state index < -0.39 is 5.41 Å². The highest BCUT2D eigenvalue weighted by Crippen LogP contribution is 2.47. The molecule has 0 unspecified atom stereocenters. The van der Waals surface area contributed by atoms with E-state index in [1.54, 1.807) is 0 Å². The number of hydrogen-bond acceptors (Lipinski definition) is 2. The molecular weight excluding hydrogens is 236 g/mol. The highest BCUT2D eigenvalue weighted by atomic mass is 16.5. The molecule has 0 saturated carbocycles. The molecule has 0 heterocycles. The molecule has 0 atom stereocenters. The van der Waals surface area contributed by atoms with Gasteiger partial charge in [0.1, 0.15) is 0 Å². The van der Waals surface area contributed by atoms with E-state index in [0.29, 0.717) is 6.61 Å². The van der Waals surface area contributed by atoms with Gasteiger partial charge in [-0.3, -0.25) is 4.79 Å². The van der Waals surface area contributed by atoms with E-state index in [4.69, 9.17) is 4.74 Å². The quantitative estimate of drug-likeness (QED) is 0.667. The second-order valence-electron chi connectivity index (χ2n) is 9.38. The molecule has 0 aliphatic heterocycles. The zero-order valence-corrected chi connectivity index (χ0v) is 14.7. The van der Waals surface area contributed by atoms with Gasteiger partial charge in [0, 0.05) is 0 Å². The van der Waals surface area contributed by atoms with E-state index in [1.807, 2.05) is 13.8 Å². The van der Waals surface area contributed by atoms with E-state index in [2.05, 4.69) is 55.4 Å². The predicted octanol–water partition coefficient (Wildman–Crippen LogP) is 5.06. The lowest BCUT2D eigenvalue weighted by Gasteiger charge is -2.43. The summed E-state index contributed by atoms with van der Waals surface area (Å²) in [5.74, 6) is -0.0864. The average molecular weight is 270 g/mol. The second kappa shape index (κ2) is 5.46. The first kappa shape index (κ1) is 18.5. The Morgan fingerprint density at radius 1 is 0.789 bits per heavy atom. The molecule has 19 heavy (non-hydrogen) atoms. The third-order valence-electron chi connectivity index (χ3n) is 3.81. The third kappa shape index (κ3) is 5.97. The Kier molecular flexibility index (Phi) is 5.30. The predicted molar refractivity (Wildman–Crippen MR) is 82.0 cm³/mol. The molecule has 0 fully saturated rings. The van der Waals surface area contributed by atoms with Gasteiger partial charge in [0.2, 0.25) is 0 Å². The van der Waals surface area contributed by atoms with Gasteiger partial charge in [0.25, 0.3) is 0 Å². The number of carbonyl (C=O) groups is 1. The lowest BCUT2D eigenvalue weighted by molar-refractivity contribution is -0.165. The average Bonchev–Trinajstić information content (AvgIpc) is 2.08. The summed E-state index contributed by atoms with van der Waals surface area (Å²) in [4.78, 5) is 12.4. The van der Waals surface area contributed by atoms with Crippen LogP contribution in [0.15, 0.2) is 0 Å². The maximum atomic E-state index is 12.4. The summed E-state index contributed by atoms with van der Waals surface area (Å²) in [6, 6.07) is 0. The third-order valence-corrected chi connectivity index (χ3v) is 3.81. The molecule has 0 aliphatic carbocycles. The van der Waals surface area contributed by atoms with Crippen LogP contribution >= 0.6 is 0 Å². The van der Waals surface area contributed by atoms with E-state index >= 15 is 0 Å². The smallest absolute Gasteiger partial charge is 0.312 e. The molecule has 0 spiro atoms. The van der Waals surface area contributed by atoms with Crippen LogP contribution in [0.3, 0.4) is 0 Å². The first-order valence-electron chi connectivity index (χ1n) is 7.26. The Morgan fingerprint density at radius 2 is 1.21 bits per heavy atom. The van der Waals surface area contributed by atoms with E-state index in [9.17, 15) is 4.79 Å². The van der Waals surface area contributed by atoms with Crippen LogP contribution in [0, 0.1) is 21.7 Å². The van der Waals surface area contributed by atoms with Crippen molar-refractivity contribution in [1.82, 2.24) is 0 Å². The number of esters is 1. The lowest BCUT2D eigenvalue weighted by Crippen LogP contribution is -2.43. The van der Waals surface area contributed by atoms with Crippen molar-refractivity contribution in [3.63, 3.8) is 0 Å². The molecular formula is C17H34O2. The fraction of sp³-hybridized carbons (Fsp3) is 0.941. The molecule has 2 nitrogen and oxygen atoms in total. The largest absolute Gasteiger partial charge is 0.465 e. The van der Waals surface area contributed by atoms with Crippen LogP contribution in [0.5, 0.6) is 0 Å². The molecule has 114 valence electrons. The number of rotatable bonds is 4. The lowest BCUT2D eigenvalue weighted by atomic mass is 9.61. The highest BCUT2D eigenvalue weighted by molar-refractivity contribution is 5.77. The molecule has 0 aromatic rings. The maximum absolute atomic E-state index is 12.4. The van der Waals surface area contributed by atoms with Crippen molar-refractivity contribution < 1.29 is 9.53 Å². The molecule has 2 heteroatoms. The summed E-state index contributed by atoms with van der Waals surface area (Å²) in [7, 11) is 0. The van der Waals surface area contributed by atoms with Gasteiger partial charge in [-0.1, -0.05) is 55.4 Å². The Balaban J connectivity index is 4.89. The Labute approximate surface area is 120 Å². The molecule has 0 radical (unpaired) electrons. The van der Waals surface area contributed by atoms with Gasteiger partial charge in [0.05, 0.1) is 12.0 Å². The zero-order valence-electron chi connectivity index (χ0n) is 14.7. The van der Waals surface area contributed by atoms with Crippen molar-refractivity contribution in [3.05, 3.63) is 0 Å². The van der Waals surface area contributed by atoms with Gasteiger partial charge in [0.15, 0.2) is 0 Å². The molecule has 0 bridgehead atoms. The number of carbonyl (C=O) groups excluding carboxylic acids is 1. The molecule has 0 aliphatic rings. The topological polar surface area (TPSA) is 26.3 Å². The fourth-order valence-corrected chi connectivity index (χ4v) is 2.29. The summed E-state index contributed by atoms with van der Waals surface area (Å²) in [5.41, 5.74) is -0.364. The Bertz CT molecular complexity index is 311. The fourth-order valence-electron chi connectivity index (χ4n) is 2.29. The van der Waals surface area contributed by atoms with Crippen LogP contribution in [0.1, 0.15) is 75.7 Å². The number of hydrogen-bond donors (Lipinski definition) is 0. The van der Waals surface area contributed by atoms with Crippen LogP contribution in [-0.4, -0.2) is 12.6 Å². The van der Waals surface area contributed by atoms with Crippen LogP contribution in [0.4, 0.5) is 0 Å². The minimum Gasteiger partial charge on any atom is -0.465 e. The standard InChI is InChI=1S/C17H34O2/c1-14(2,3)11-16(7,8)17(9,10)13(18)19-12-15(4,5)6/h11-12H2,1-10H3. The van der Waals surface area contributed by atoms with Gasteiger partial charge in [-0.05, 0) is 36.5 Å². The van der Waals surface area contributed by atoms with Crippen molar-refractivity contribution in [2.75, 3.05) is 6.61 Å². The summed E-state index contributed by atoms with van der Waals surface area (Å²) in [6.45, 7) is 21.7. The van der Waals surface area contributed by atoms with Gasteiger partial charge in [-0.2, -0.15) is 0 Å². The Morgan fingerprint density at radius 3 is 1.53 bits per heavy atom. The first-order valence-corrected chi connectivity index (χ1v) is 7.26. The van der Waals surface area contributed by atoms with Gasteiger partial charge < -0.3 is 4.74 Å².